The fourth-order valence-corrected chi connectivity index (χ4v) is 2.08. The van der Waals surface area contributed by atoms with Gasteiger partial charge >= 0.3 is 0 Å². The van der Waals surface area contributed by atoms with Crippen LogP contribution in [0.5, 0.6) is 5.75 Å². The van der Waals surface area contributed by atoms with Crippen LogP contribution in [0.25, 0.3) is 0 Å². The predicted molar refractivity (Wildman–Crippen MR) is 83.7 cm³/mol. The van der Waals surface area contributed by atoms with Crippen LogP contribution < -0.4 is 15.6 Å². The first-order valence-corrected chi connectivity index (χ1v) is 6.70. The van der Waals surface area contributed by atoms with E-state index in [9.17, 15) is 19.7 Å². The van der Waals surface area contributed by atoms with Crippen LogP contribution in [-0.4, -0.2) is 22.5 Å². The normalized spacial score (nSPS) is 10.2. The molecule has 0 spiro atoms. The molecular weight excluding hydrogens is 302 g/mol. The number of amides is 1. The molecule has 1 heterocycles. The number of nitro groups is 1. The SMILES string of the molecule is COc1ccccc1NC(=O)Cn1cc([N+](=O)[O-])cc(C)c1=O. The first-order chi connectivity index (χ1) is 10.9. The van der Waals surface area contributed by atoms with Crippen molar-refractivity contribution in [1.82, 2.24) is 4.57 Å². The van der Waals surface area contributed by atoms with E-state index < -0.39 is 16.4 Å². The molecule has 2 aromatic rings. The summed E-state index contributed by atoms with van der Waals surface area (Å²) in [6, 6.07) is 7.99. The van der Waals surface area contributed by atoms with Gasteiger partial charge in [0.05, 0.1) is 23.9 Å². The lowest BCUT2D eigenvalue weighted by Crippen LogP contribution is -2.28. The zero-order valence-electron chi connectivity index (χ0n) is 12.6. The summed E-state index contributed by atoms with van der Waals surface area (Å²) in [5.74, 6) is -0.0140. The van der Waals surface area contributed by atoms with E-state index in [0.717, 1.165) is 10.8 Å². The van der Waals surface area contributed by atoms with Crippen molar-refractivity contribution in [1.29, 1.82) is 0 Å². The number of pyridine rings is 1. The van der Waals surface area contributed by atoms with Crippen molar-refractivity contribution in [2.45, 2.75) is 13.5 Å². The van der Waals surface area contributed by atoms with Crippen LogP contribution >= 0.6 is 0 Å². The number of carbonyl (C=O) groups is 1. The monoisotopic (exact) mass is 317 g/mol. The van der Waals surface area contributed by atoms with E-state index in [4.69, 9.17) is 4.74 Å². The van der Waals surface area contributed by atoms with Crippen molar-refractivity contribution < 1.29 is 14.5 Å². The van der Waals surface area contributed by atoms with Crippen LogP contribution in [0, 0.1) is 17.0 Å². The predicted octanol–water partition coefficient (Wildman–Crippen LogP) is 1.71. The Morgan fingerprint density at radius 1 is 1.39 bits per heavy atom. The summed E-state index contributed by atoms with van der Waals surface area (Å²) in [4.78, 5) is 34.3. The van der Waals surface area contributed by atoms with Gasteiger partial charge < -0.3 is 10.1 Å². The minimum atomic E-state index is -0.610. The van der Waals surface area contributed by atoms with Gasteiger partial charge in [0.25, 0.3) is 11.2 Å². The van der Waals surface area contributed by atoms with Crippen molar-refractivity contribution in [3.05, 3.63) is 62.6 Å². The smallest absolute Gasteiger partial charge is 0.286 e. The Hall–Kier alpha value is -3.16. The highest BCUT2D eigenvalue weighted by Crippen LogP contribution is 2.22. The van der Waals surface area contributed by atoms with Crippen molar-refractivity contribution in [3.63, 3.8) is 0 Å². The number of para-hydroxylation sites is 2. The zero-order chi connectivity index (χ0) is 17.0. The van der Waals surface area contributed by atoms with Gasteiger partial charge in [-0.2, -0.15) is 0 Å². The van der Waals surface area contributed by atoms with Gasteiger partial charge in [0.15, 0.2) is 0 Å². The van der Waals surface area contributed by atoms with Gasteiger partial charge in [-0.15, -0.1) is 0 Å². The molecule has 0 unspecified atom stereocenters. The van der Waals surface area contributed by atoms with E-state index >= 15 is 0 Å². The molecule has 120 valence electrons. The molecule has 0 saturated heterocycles. The summed E-state index contributed by atoms with van der Waals surface area (Å²) in [6.45, 7) is 1.13. The second-order valence-electron chi connectivity index (χ2n) is 4.82. The number of nitrogens with zero attached hydrogens (tertiary/aromatic N) is 2. The Balaban J connectivity index is 2.24. The van der Waals surface area contributed by atoms with Gasteiger partial charge in [-0.25, -0.2) is 0 Å². The zero-order valence-corrected chi connectivity index (χ0v) is 12.6. The molecule has 1 aromatic heterocycles. The van der Waals surface area contributed by atoms with Crippen LogP contribution in [0.15, 0.2) is 41.3 Å². The molecule has 0 saturated carbocycles. The lowest BCUT2D eigenvalue weighted by Gasteiger charge is -2.11. The number of hydrogen-bond acceptors (Lipinski definition) is 5. The molecule has 0 atom stereocenters. The number of methoxy groups -OCH3 is 1. The summed E-state index contributed by atoms with van der Waals surface area (Å²) >= 11 is 0. The number of ether oxygens (including phenoxy) is 1. The van der Waals surface area contributed by atoms with Gasteiger partial charge in [-0.05, 0) is 19.1 Å². The van der Waals surface area contributed by atoms with E-state index in [-0.39, 0.29) is 17.8 Å². The topological polar surface area (TPSA) is 103 Å². The van der Waals surface area contributed by atoms with Gasteiger partial charge in [-0.3, -0.25) is 24.3 Å². The largest absolute Gasteiger partial charge is 0.495 e. The quantitative estimate of drug-likeness (QED) is 0.668. The Morgan fingerprint density at radius 2 is 2.09 bits per heavy atom. The number of aromatic nitrogens is 1. The van der Waals surface area contributed by atoms with E-state index in [1.165, 1.54) is 20.1 Å². The molecule has 8 heteroatoms. The molecule has 0 bridgehead atoms. The molecule has 23 heavy (non-hydrogen) atoms. The summed E-state index contributed by atoms with van der Waals surface area (Å²) in [7, 11) is 1.47. The molecule has 2 rings (SSSR count). The third-order valence-corrected chi connectivity index (χ3v) is 3.16. The van der Waals surface area contributed by atoms with Crippen LogP contribution in [0.2, 0.25) is 0 Å². The molecule has 1 N–H and O–H groups in total. The summed E-state index contributed by atoms with van der Waals surface area (Å²) < 4.78 is 6.13. The highest BCUT2D eigenvalue weighted by Gasteiger charge is 2.14. The fourth-order valence-electron chi connectivity index (χ4n) is 2.08. The minimum absolute atomic E-state index is 0.198. The van der Waals surface area contributed by atoms with Crippen molar-refractivity contribution in [3.8, 4) is 5.75 Å². The number of aryl methyl sites for hydroxylation is 1. The van der Waals surface area contributed by atoms with Crippen molar-refractivity contribution >= 4 is 17.3 Å². The van der Waals surface area contributed by atoms with Crippen LogP contribution in [-0.2, 0) is 11.3 Å². The van der Waals surface area contributed by atoms with E-state index in [0.29, 0.717) is 11.4 Å². The molecule has 0 aliphatic carbocycles. The first kappa shape index (κ1) is 16.2. The molecule has 1 amide bonds. The Kier molecular flexibility index (Phi) is 4.75. The summed E-state index contributed by atoms with van der Waals surface area (Å²) in [5.41, 5.74) is -0.0440. The van der Waals surface area contributed by atoms with E-state index in [1.54, 1.807) is 24.3 Å². The molecule has 0 fully saturated rings. The second kappa shape index (κ2) is 6.73. The van der Waals surface area contributed by atoms with Crippen LogP contribution in [0.4, 0.5) is 11.4 Å². The van der Waals surface area contributed by atoms with Crippen molar-refractivity contribution in [2.24, 2.45) is 0 Å². The third-order valence-electron chi connectivity index (χ3n) is 3.16. The number of nitrogens with one attached hydrogen (secondary N) is 1. The summed E-state index contributed by atoms with van der Waals surface area (Å²) in [6.07, 6.45) is 1.05. The lowest BCUT2D eigenvalue weighted by molar-refractivity contribution is -0.385. The van der Waals surface area contributed by atoms with E-state index in [1.807, 2.05) is 0 Å². The molecule has 1 aromatic carbocycles. The summed E-state index contributed by atoms with van der Waals surface area (Å²) in [5, 5.41) is 13.5. The Labute approximate surface area is 131 Å². The maximum atomic E-state index is 12.1. The van der Waals surface area contributed by atoms with Gasteiger partial charge in [0.1, 0.15) is 12.3 Å². The van der Waals surface area contributed by atoms with Gasteiger partial charge in [-0.1, -0.05) is 12.1 Å². The average Bonchev–Trinajstić information content (AvgIpc) is 2.51. The average molecular weight is 317 g/mol. The lowest BCUT2D eigenvalue weighted by atomic mass is 10.2. The van der Waals surface area contributed by atoms with Crippen LogP contribution in [0.3, 0.4) is 0 Å². The molecule has 0 aliphatic rings. The number of anilines is 1. The van der Waals surface area contributed by atoms with Crippen molar-refractivity contribution in [2.75, 3.05) is 12.4 Å². The number of benzene rings is 1. The third kappa shape index (κ3) is 3.73. The molecule has 8 nitrogen and oxygen atoms in total. The fraction of sp³-hybridized carbons (Fsp3) is 0.200. The highest BCUT2D eigenvalue weighted by molar-refractivity contribution is 5.92. The molecule has 0 aliphatic heterocycles. The maximum absolute atomic E-state index is 12.1. The molecular formula is C15H15N3O5. The Bertz CT molecular complexity index is 813. The first-order valence-electron chi connectivity index (χ1n) is 6.70. The second-order valence-corrected chi connectivity index (χ2v) is 4.82. The minimum Gasteiger partial charge on any atom is -0.495 e. The van der Waals surface area contributed by atoms with E-state index in [2.05, 4.69) is 5.32 Å². The number of carbonyl (C=O) groups excluding carboxylic acids is 1. The van der Waals surface area contributed by atoms with Gasteiger partial charge in [0, 0.05) is 11.6 Å². The molecule has 0 radical (unpaired) electrons. The number of rotatable bonds is 5. The van der Waals surface area contributed by atoms with Crippen LogP contribution in [0.1, 0.15) is 5.56 Å². The van der Waals surface area contributed by atoms with Gasteiger partial charge in [0.2, 0.25) is 5.91 Å². The maximum Gasteiger partial charge on any atom is 0.286 e. The Morgan fingerprint density at radius 3 is 2.74 bits per heavy atom. The standard InChI is InChI=1S/C15H15N3O5/c1-10-7-11(18(21)22)8-17(15(10)20)9-14(19)16-12-5-3-4-6-13(12)23-2/h3-8H,9H2,1-2H3,(H,16,19). The number of hydrogen-bond donors (Lipinski definition) is 1. The highest BCUT2D eigenvalue weighted by atomic mass is 16.6.